The number of aromatic nitrogens is 2. The maximum Gasteiger partial charge on any atom is 0.434 e. The van der Waals surface area contributed by atoms with Gasteiger partial charge in [-0.15, -0.1) is 5.10 Å². The quantitative estimate of drug-likeness (QED) is 0.902. The van der Waals surface area contributed by atoms with Crippen molar-refractivity contribution in [2.24, 2.45) is 5.92 Å². The van der Waals surface area contributed by atoms with Crippen LogP contribution in [0.5, 0.6) is 0 Å². The Morgan fingerprint density at radius 1 is 1.25 bits per heavy atom. The molecule has 1 aromatic heterocycles. The summed E-state index contributed by atoms with van der Waals surface area (Å²) in [5.41, 5.74) is -0.384. The van der Waals surface area contributed by atoms with E-state index in [0.29, 0.717) is 5.56 Å². The molecule has 0 spiro atoms. The fourth-order valence-electron chi connectivity index (χ4n) is 2.72. The third-order valence-corrected chi connectivity index (χ3v) is 3.97. The average Bonchev–Trinajstić information content (AvgIpc) is 2.99. The third-order valence-electron chi connectivity index (χ3n) is 3.97. The minimum atomic E-state index is -4.46. The van der Waals surface area contributed by atoms with Crippen molar-refractivity contribution < 1.29 is 17.6 Å². The monoisotopic (exact) mass is 339 g/mol. The number of nitrogens with one attached hydrogen (secondary N) is 2. The zero-order valence-corrected chi connectivity index (χ0v) is 12.7. The Kier molecular flexibility index (Phi) is 4.57. The van der Waals surface area contributed by atoms with Crippen LogP contribution in [0.25, 0.3) is 17.5 Å². The van der Waals surface area contributed by atoms with Gasteiger partial charge in [0.25, 0.3) is 0 Å². The van der Waals surface area contributed by atoms with E-state index in [-0.39, 0.29) is 17.4 Å². The minimum absolute atomic E-state index is 0.0316. The number of piperidine rings is 1. The van der Waals surface area contributed by atoms with E-state index in [1.807, 2.05) is 6.08 Å². The lowest BCUT2D eigenvalue weighted by atomic mass is 9.95. The Morgan fingerprint density at radius 3 is 2.62 bits per heavy atom. The van der Waals surface area contributed by atoms with Gasteiger partial charge >= 0.3 is 11.9 Å². The molecule has 8 heteroatoms. The standard InChI is InChI=1S/C16H16F3N3O2/c17-16(18,19)13-4-3-12(14-21-22-15(23)24-14)9-11(13)2-1-10-5-7-20-8-6-10/h1-4,9-10,20H,5-8H2,(H,22,23)/b2-1+. The zero-order valence-electron chi connectivity index (χ0n) is 12.7. The van der Waals surface area contributed by atoms with Crippen LogP contribution in [0.2, 0.25) is 0 Å². The summed E-state index contributed by atoms with van der Waals surface area (Å²) < 4.78 is 44.4. The van der Waals surface area contributed by atoms with Gasteiger partial charge in [-0.2, -0.15) is 13.2 Å². The van der Waals surface area contributed by atoms with Crippen molar-refractivity contribution in [3.63, 3.8) is 0 Å². The molecule has 0 saturated carbocycles. The van der Waals surface area contributed by atoms with E-state index in [1.165, 1.54) is 18.2 Å². The summed E-state index contributed by atoms with van der Waals surface area (Å²) in [4.78, 5) is 11.0. The van der Waals surface area contributed by atoms with E-state index < -0.39 is 17.5 Å². The van der Waals surface area contributed by atoms with Crippen molar-refractivity contribution in [1.82, 2.24) is 15.5 Å². The van der Waals surface area contributed by atoms with Gasteiger partial charge in [0.1, 0.15) is 0 Å². The van der Waals surface area contributed by atoms with Gasteiger partial charge in [-0.25, -0.2) is 9.89 Å². The van der Waals surface area contributed by atoms with Crippen LogP contribution < -0.4 is 11.1 Å². The van der Waals surface area contributed by atoms with Crippen molar-refractivity contribution in [2.75, 3.05) is 13.1 Å². The van der Waals surface area contributed by atoms with Crippen molar-refractivity contribution >= 4 is 6.08 Å². The summed E-state index contributed by atoms with van der Waals surface area (Å²) in [7, 11) is 0. The van der Waals surface area contributed by atoms with Gasteiger partial charge in [0, 0.05) is 5.56 Å². The van der Waals surface area contributed by atoms with Crippen LogP contribution in [0.4, 0.5) is 13.2 Å². The third kappa shape index (κ3) is 3.76. The molecule has 0 bridgehead atoms. The number of hydrogen-bond acceptors (Lipinski definition) is 4. The topological polar surface area (TPSA) is 70.9 Å². The first-order chi connectivity index (χ1) is 11.4. The molecule has 0 amide bonds. The lowest BCUT2D eigenvalue weighted by molar-refractivity contribution is -0.137. The molecule has 2 heterocycles. The van der Waals surface area contributed by atoms with Crippen molar-refractivity contribution in [1.29, 1.82) is 0 Å². The summed E-state index contributed by atoms with van der Waals surface area (Å²) in [5, 5.41) is 8.96. The summed E-state index contributed by atoms with van der Waals surface area (Å²) in [6.45, 7) is 1.72. The molecular weight excluding hydrogens is 323 g/mol. The number of aromatic amines is 1. The molecule has 0 radical (unpaired) electrons. The molecule has 3 rings (SSSR count). The number of allylic oxidation sites excluding steroid dienone is 1. The van der Waals surface area contributed by atoms with Gasteiger partial charge in [-0.3, -0.25) is 0 Å². The van der Waals surface area contributed by atoms with Gasteiger partial charge in [-0.05, 0) is 55.6 Å². The first-order valence-electron chi connectivity index (χ1n) is 7.59. The minimum Gasteiger partial charge on any atom is -0.388 e. The van der Waals surface area contributed by atoms with Crippen molar-refractivity contribution in [3.05, 3.63) is 46.0 Å². The van der Waals surface area contributed by atoms with Crippen LogP contribution in [0, 0.1) is 5.92 Å². The second-order valence-electron chi connectivity index (χ2n) is 5.66. The number of benzene rings is 1. The molecule has 2 aromatic rings. The molecule has 0 aliphatic carbocycles. The molecule has 1 aliphatic rings. The summed E-state index contributed by atoms with van der Waals surface area (Å²) in [6, 6.07) is 3.55. The maximum atomic E-state index is 13.2. The second kappa shape index (κ2) is 6.64. The zero-order chi connectivity index (χ0) is 17.2. The SMILES string of the molecule is O=c1[nH]nc(-c2ccc(C(F)(F)F)c(/C=C/C3CCNCC3)c2)o1. The summed E-state index contributed by atoms with van der Waals surface area (Å²) in [5.74, 6) is -0.541. The van der Waals surface area contributed by atoms with E-state index in [2.05, 4.69) is 15.5 Å². The fraction of sp³-hybridized carbons (Fsp3) is 0.375. The highest BCUT2D eigenvalue weighted by Gasteiger charge is 2.33. The molecule has 1 saturated heterocycles. The van der Waals surface area contributed by atoms with Crippen LogP contribution in [0.1, 0.15) is 24.0 Å². The number of halogens is 3. The lowest BCUT2D eigenvalue weighted by Crippen LogP contribution is -2.26. The molecule has 2 N–H and O–H groups in total. The van der Waals surface area contributed by atoms with Crippen LogP contribution in [0.3, 0.4) is 0 Å². The van der Waals surface area contributed by atoms with Crippen molar-refractivity contribution in [3.8, 4) is 11.5 Å². The molecule has 128 valence electrons. The smallest absolute Gasteiger partial charge is 0.388 e. The number of nitrogens with zero attached hydrogens (tertiary/aromatic N) is 1. The normalized spacial score (nSPS) is 16.8. The number of rotatable bonds is 3. The predicted molar refractivity (Wildman–Crippen MR) is 82.2 cm³/mol. The van der Waals surface area contributed by atoms with E-state index in [9.17, 15) is 18.0 Å². The molecule has 24 heavy (non-hydrogen) atoms. The lowest BCUT2D eigenvalue weighted by Gasteiger charge is -2.19. The number of hydrogen-bond donors (Lipinski definition) is 2. The molecule has 0 unspecified atom stereocenters. The molecule has 0 atom stereocenters. The highest BCUT2D eigenvalue weighted by atomic mass is 19.4. The number of H-pyrrole nitrogens is 1. The summed E-state index contributed by atoms with van der Waals surface area (Å²) >= 11 is 0. The Bertz CT molecular complexity index is 786. The molecule has 1 fully saturated rings. The van der Waals surface area contributed by atoms with Gasteiger partial charge in [-0.1, -0.05) is 12.2 Å². The van der Waals surface area contributed by atoms with Gasteiger partial charge in [0.15, 0.2) is 0 Å². The first kappa shape index (κ1) is 16.5. The van der Waals surface area contributed by atoms with E-state index >= 15 is 0 Å². The van der Waals surface area contributed by atoms with Gasteiger partial charge < -0.3 is 9.73 Å². The highest BCUT2D eigenvalue weighted by molar-refractivity contribution is 5.64. The number of alkyl halides is 3. The Hall–Kier alpha value is -2.35. The maximum absolute atomic E-state index is 13.2. The van der Waals surface area contributed by atoms with E-state index in [0.717, 1.165) is 32.0 Å². The summed E-state index contributed by atoms with van der Waals surface area (Å²) in [6.07, 6.45) is 0.638. The first-order valence-corrected chi connectivity index (χ1v) is 7.59. The van der Waals surface area contributed by atoms with Crippen LogP contribution in [-0.2, 0) is 6.18 Å². The Balaban J connectivity index is 1.96. The van der Waals surface area contributed by atoms with Gasteiger partial charge in [0.05, 0.1) is 5.56 Å². The van der Waals surface area contributed by atoms with E-state index in [1.54, 1.807) is 0 Å². The van der Waals surface area contributed by atoms with Crippen LogP contribution in [-0.4, -0.2) is 23.3 Å². The predicted octanol–water partition coefficient (Wildman–Crippen LogP) is 3.06. The van der Waals surface area contributed by atoms with Crippen LogP contribution >= 0.6 is 0 Å². The second-order valence-corrected chi connectivity index (χ2v) is 5.66. The Morgan fingerprint density at radius 2 is 2.00 bits per heavy atom. The molecule has 5 nitrogen and oxygen atoms in total. The largest absolute Gasteiger partial charge is 0.434 e. The van der Waals surface area contributed by atoms with Crippen LogP contribution in [0.15, 0.2) is 33.5 Å². The fourth-order valence-corrected chi connectivity index (χ4v) is 2.72. The van der Waals surface area contributed by atoms with E-state index in [4.69, 9.17) is 4.42 Å². The molecule has 1 aromatic carbocycles. The average molecular weight is 339 g/mol. The highest BCUT2D eigenvalue weighted by Crippen LogP contribution is 2.35. The van der Waals surface area contributed by atoms with Crippen molar-refractivity contribution in [2.45, 2.75) is 19.0 Å². The molecular formula is C16H16F3N3O2. The Labute approximate surface area is 135 Å². The molecule has 1 aliphatic heterocycles. The van der Waals surface area contributed by atoms with Gasteiger partial charge in [0.2, 0.25) is 5.89 Å².